The van der Waals surface area contributed by atoms with Gasteiger partial charge in [0.15, 0.2) is 10.9 Å². The number of anilines is 1. The Hall–Kier alpha value is -3.98. The molecule has 150 valence electrons. The summed E-state index contributed by atoms with van der Waals surface area (Å²) < 4.78 is 11.0. The summed E-state index contributed by atoms with van der Waals surface area (Å²) in [5, 5.41) is 16.5. The highest BCUT2D eigenvalue weighted by Gasteiger charge is 2.12. The third-order valence-corrected chi connectivity index (χ3v) is 5.00. The van der Waals surface area contributed by atoms with Crippen molar-refractivity contribution in [2.24, 2.45) is 0 Å². The fourth-order valence-electron chi connectivity index (χ4n) is 2.74. The number of hydrogen-bond acceptors (Lipinski definition) is 7. The molecule has 0 unspecified atom stereocenters. The molecular weight excluding hydrogens is 406 g/mol. The second kappa shape index (κ2) is 8.18. The molecule has 2 aromatic heterocycles. The Morgan fingerprint density at radius 2 is 2.03 bits per heavy atom. The van der Waals surface area contributed by atoms with Crippen molar-refractivity contribution in [2.45, 2.75) is 0 Å². The Bertz CT molecular complexity index is 1260. The van der Waals surface area contributed by atoms with E-state index in [4.69, 9.17) is 9.15 Å². The lowest BCUT2D eigenvalue weighted by Gasteiger charge is -1.97. The normalized spacial score (nSPS) is 11.1. The predicted octanol–water partition coefficient (Wildman–Crippen LogP) is 5.13. The van der Waals surface area contributed by atoms with Gasteiger partial charge in [-0.2, -0.15) is 0 Å². The largest absolute Gasteiger partial charge is 0.497 e. The maximum absolute atomic E-state index is 12.1. The molecule has 1 amide bonds. The van der Waals surface area contributed by atoms with Crippen LogP contribution in [0.15, 0.2) is 64.4 Å². The minimum atomic E-state index is -0.473. The molecule has 0 fully saturated rings. The summed E-state index contributed by atoms with van der Waals surface area (Å²) in [5.41, 5.74) is 1.98. The van der Waals surface area contributed by atoms with Gasteiger partial charge >= 0.3 is 0 Å². The zero-order valence-electron chi connectivity index (χ0n) is 15.7. The van der Waals surface area contributed by atoms with E-state index in [1.807, 2.05) is 18.2 Å². The molecule has 8 nitrogen and oxygen atoms in total. The van der Waals surface area contributed by atoms with Crippen molar-refractivity contribution in [1.82, 2.24) is 4.98 Å². The molecule has 0 atom stereocenters. The van der Waals surface area contributed by atoms with Gasteiger partial charge in [0.05, 0.1) is 12.0 Å². The number of rotatable bonds is 6. The van der Waals surface area contributed by atoms with Crippen molar-refractivity contribution < 1.29 is 18.9 Å². The molecule has 0 aliphatic rings. The van der Waals surface area contributed by atoms with Crippen LogP contribution in [0.5, 0.6) is 5.75 Å². The van der Waals surface area contributed by atoms with Gasteiger partial charge in [0.1, 0.15) is 17.0 Å². The fraction of sp³-hybridized carbons (Fsp3) is 0.0476. The SMILES string of the molecule is COc1ccc2cc(-c3csc(NC(=O)/C=C\c4ccc([N+](=O)[O-])cc4)n3)oc2c1. The lowest BCUT2D eigenvalue weighted by Crippen LogP contribution is -2.07. The summed E-state index contributed by atoms with van der Waals surface area (Å²) in [6.45, 7) is 0. The predicted molar refractivity (Wildman–Crippen MR) is 115 cm³/mol. The summed E-state index contributed by atoms with van der Waals surface area (Å²) in [6.07, 6.45) is 2.91. The highest BCUT2D eigenvalue weighted by molar-refractivity contribution is 7.14. The topological polar surface area (TPSA) is 108 Å². The molecule has 0 aliphatic carbocycles. The Balaban J connectivity index is 1.43. The number of thiazole rings is 1. The molecule has 0 radical (unpaired) electrons. The summed E-state index contributed by atoms with van der Waals surface area (Å²) in [5.74, 6) is 0.939. The first-order valence-corrected chi connectivity index (χ1v) is 9.67. The van der Waals surface area contributed by atoms with E-state index in [0.29, 0.717) is 33.5 Å². The number of aromatic nitrogens is 1. The van der Waals surface area contributed by atoms with Crippen LogP contribution < -0.4 is 10.1 Å². The Morgan fingerprint density at radius 1 is 1.23 bits per heavy atom. The van der Waals surface area contributed by atoms with Gasteiger partial charge in [-0.15, -0.1) is 11.3 Å². The van der Waals surface area contributed by atoms with E-state index in [9.17, 15) is 14.9 Å². The summed E-state index contributed by atoms with van der Waals surface area (Å²) >= 11 is 1.28. The number of carbonyl (C=O) groups excluding carboxylic acids is 1. The van der Waals surface area contributed by atoms with E-state index in [-0.39, 0.29) is 11.6 Å². The fourth-order valence-corrected chi connectivity index (χ4v) is 3.44. The Labute approximate surface area is 174 Å². The number of nitrogens with one attached hydrogen (secondary N) is 1. The van der Waals surface area contributed by atoms with Crippen LogP contribution in [0.3, 0.4) is 0 Å². The van der Waals surface area contributed by atoms with Gasteiger partial charge in [-0.3, -0.25) is 20.2 Å². The van der Waals surface area contributed by atoms with Crippen molar-refractivity contribution in [3.8, 4) is 17.2 Å². The molecule has 9 heteroatoms. The van der Waals surface area contributed by atoms with Crippen molar-refractivity contribution in [3.05, 3.63) is 75.7 Å². The number of fused-ring (bicyclic) bond motifs is 1. The van der Waals surface area contributed by atoms with Crippen LogP contribution >= 0.6 is 11.3 Å². The van der Waals surface area contributed by atoms with Crippen LogP contribution in [-0.2, 0) is 4.79 Å². The number of nitro groups is 1. The van der Waals surface area contributed by atoms with Crippen LogP contribution in [0.2, 0.25) is 0 Å². The number of nitrogens with zero attached hydrogens (tertiary/aromatic N) is 2. The van der Waals surface area contributed by atoms with Gasteiger partial charge in [0.2, 0.25) is 5.91 Å². The summed E-state index contributed by atoms with van der Waals surface area (Å²) in [7, 11) is 1.59. The maximum atomic E-state index is 12.1. The van der Waals surface area contributed by atoms with E-state index >= 15 is 0 Å². The zero-order chi connectivity index (χ0) is 21.1. The molecule has 30 heavy (non-hydrogen) atoms. The lowest BCUT2D eigenvalue weighted by molar-refractivity contribution is -0.384. The first kappa shape index (κ1) is 19.3. The molecule has 2 heterocycles. The average molecular weight is 421 g/mol. The Kier molecular flexibility index (Phi) is 5.27. The molecule has 2 aromatic carbocycles. The standard InChI is InChI=1S/C21H15N3O5S/c1-28-16-8-5-14-10-19(29-18(14)11-16)17-12-30-21(22-17)23-20(25)9-4-13-2-6-15(7-3-13)24(26)27/h2-12H,1H3,(H,22,23,25)/b9-4-. The van der Waals surface area contributed by atoms with Crippen molar-refractivity contribution in [2.75, 3.05) is 12.4 Å². The van der Waals surface area contributed by atoms with Gasteiger partial charge < -0.3 is 9.15 Å². The van der Waals surface area contributed by atoms with Crippen LogP contribution in [0.4, 0.5) is 10.8 Å². The van der Waals surface area contributed by atoms with Gasteiger partial charge in [-0.25, -0.2) is 4.98 Å². The molecule has 4 rings (SSSR count). The van der Waals surface area contributed by atoms with E-state index in [0.717, 1.165) is 5.39 Å². The number of amides is 1. The molecule has 0 spiro atoms. The quantitative estimate of drug-likeness (QED) is 0.263. The molecule has 1 N–H and O–H groups in total. The summed E-state index contributed by atoms with van der Waals surface area (Å²) in [4.78, 5) is 26.7. The van der Waals surface area contributed by atoms with Gasteiger partial charge in [-0.05, 0) is 42.0 Å². The third-order valence-electron chi connectivity index (χ3n) is 4.25. The average Bonchev–Trinajstić information content (AvgIpc) is 3.38. The van der Waals surface area contributed by atoms with E-state index in [1.165, 1.54) is 29.5 Å². The number of furan rings is 1. The number of carbonyl (C=O) groups is 1. The molecule has 0 bridgehead atoms. The number of nitro benzene ring substituents is 1. The van der Waals surface area contributed by atoms with Crippen LogP contribution in [0, 0.1) is 10.1 Å². The molecule has 0 saturated carbocycles. The minimum absolute atomic E-state index is 0.00375. The van der Waals surface area contributed by atoms with E-state index in [1.54, 1.807) is 36.8 Å². The first-order chi connectivity index (χ1) is 14.5. The van der Waals surface area contributed by atoms with Gasteiger partial charge in [-0.1, -0.05) is 0 Å². The molecule has 0 saturated heterocycles. The minimum Gasteiger partial charge on any atom is -0.497 e. The highest BCUT2D eigenvalue weighted by atomic mass is 32.1. The van der Waals surface area contributed by atoms with Crippen LogP contribution in [0.25, 0.3) is 28.5 Å². The maximum Gasteiger partial charge on any atom is 0.269 e. The van der Waals surface area contributed by atoms with Crippen molar-refractivity contribution in [1.29, 1.82) is 0 Å². The van der Waals surface area contributed by atoms with Gasteiger partial charge in [0, 0.05) is 35.0 Å². The second-order valence-corrected chi connectivity index (χ2v) is 7.08. The number of methoxy groups -OCH3 is 1. The molecule has 4 aromatic rings. The number of benzene rings is 2. The summed E-state index contributed by atoms with van der Waals surface area (Å²) in [6, 6.07) is 13.3. The zero-order valence-corrected chi connectivity index (χ0v) is 16.5. The van der Waals surface area contributed by atoms with E-state index < -0.39 is 4.92 Å². The molecular formula is C21H15N3O5S. The van der Waals surface area contributed by atoms with Crippen molar-refractivity contribution >= 4 is 45.1 Å². The third kappa shape index (κ3) is 4.20. The monoisotopic (exact) mass is 421 g/mol. The number of ether oxygens (including phenoxy) is 1. The number of hydrogen-bond donors (Lipinski definition) is 1. The Morgan fingerprint density at radius 3 is 2.77 bits per heavy atom. The van der Waals surface area contributed by atoms with E-state index in [2.05, 4.69) is 10.3 Å². The number of non-ortho nitro benzene ring substituents is 1. The highest BCUT2D eigenvalue weighted by Crippen LogP contribution is 2.31. The lowest BCUT2D eigenvalue weighted by atomic mass is 10.2. The van der Waals surface area contributed by atoms with Crippen LogP contribution in [0.1, 0.15) is 5.56 Å². The molecule has 0 aliphatic heterocycles. The smallest absolute Gasteiger partial charge is 0.269 e. The second-order valence-electron chi connectivity index (χ2n) is 6.22. The van der Waals surface area contributed by atoms with Crippen LogP contribution in [-0.4, -0.2) is 22.9 Å². The van der Waals surface area contributed by atoms with Crippen molar-refractivity contribution in [3.63, 3.8) is 0 Å². The first-order valence-electron chi connectivity index (χ1n) is 8.79. The van der Waals surface area contributed by atoms with Gasteiger partial charge in [0.25, 0.3) is 5.69 Å².